The second-order valence-corrected chi connectivity index (χ2v) is 6.59. The van der Waals surface area contributed by atoms with Crippen LogP contribution in [-0.4, -0.2) is 16.7 Å². The van der Waals surface area contributed by atoms with Gasteiger partial charge in [-0.2, -0.15) is 5.26 Å². The van der Waals surface area contributed by atoms with Crippen LogP contribution in [0.3, 0.4) is 0 Å². The molecule has 1 unspecified atom stereocenters. The predicted octanol–water partition coefficient (Wildman–Crippen LogP) is 2.89. The molecule has 0 spiro atoms. The van der Waals surface area contributed by atoms with Crippen molar-refractivity contribution < 1.29 is 9.59 Å². The molecule has 2 aliphatic carbocycles. The first-order valence-corrected chi connectivity index (χ1v) is 8.51. The summed E-state index contributed by atoms with van der Waals surface area (Å²) >= 11 is 0. The van der Waals surface area contributed by atoms with Gasteiger partial charge in [0.05, 0.1) is 28.9 Å². The Morgan fingerprint density at radius 2 is 2.12 bits per heavy atom. The maximum Gasteiger partial charge on any atom is 0.253 e. The molecule has 4 rings (SSSR count). The van der Waals surface area contributed by atoms with Crippen molar-refractivity contribution in [2.75, 3.05) is 0 Å². The lowest BCUT2D eigenvalue weighted by atomic mass is 9.94. The molecule has 1 atom stereocenters. The fourth-order valence-electron chi connectivity index (χ4n) is 3.69. The molecule has 0 fully saturated rings. The number of aromatic nitrogens is 1. The van der Waals surface area contributed by atoms with Crippen LogP contribution in [0.4, 0.5) is 0 Å². The summed E-state index contributed by atoms with van der Waals surface area (Å²) in [5.41, 5.74) is 4.63. The number of hydrogen-bond acceptors (Lipinski definition) is 4. The molecule has 0 saturated heterocycles. The third kappa shape index (κ3) is 2.80. The number of nitrogens with one attached hydrogen (secondary N) is 1. The number of hydrogen-bond donors (Lipinski definition) is 1. The number of carbonyl (C=O) groups excluding carboxylic acids is 2. The highest BCUT2D eigenvalue weighted by Crippen LogP contribution is 2.32. The molecule has 5 heteroatoms. The number of fused-ring (bicyclic) bond motifs is 2. The summed E-state index contributed by atoms with van der Waals surface area (Å²) in [6, 6.07) is 9.34. The van der Waals surface area contributed by atoms with Crippen LogP contribution < -0.4 is 5.32 Å². The Morgan fingerprint density at radius 3 is 2.96 bits per heavy atom. The van der Waals surface area contributed by atoms with Crippen molar-refractivity contribution in [2.45, 2.75) is 38.1 Å². The van der Waals surface area contributed by atoms with E-state index in [0.29, 0.717) is 23.1 Å². The Kier molecular flexibility index (Phi) is 3.81. The summed E-state index contributed by atoms with van der Waals surface area (Å²) in [6.45, 7) is 0. The fourth-order valence-corrected chi connectivity index (χ4v) is 3.69. The molecule has 5 nitrogen and oxygen atoms in total. The molecule has 0 saturated carbocycles. The molecular weight excluding hydrogens is 314 g/mol. The first-order chi connectivity index (χ1) is 12.2. The molecule has 1 amide bonds. The van der Waals surface area contributed by atoms with Gasteiger partial charge in [-0.3, -0.25) is 14.6 Å². The lowest BCUT2D eigenvalue weighted by Crippen LogP contribution is -2.28. The van der Waals surface area contributed by atoms with Crippen LogP contribution in [0.15, 0.2) is 30.5 Å². The normalized spacial score (nSPS) is 18.2. The lowest BCUT2D eigenvalue weighted by molar-refractivity contribution is 0.0936. The van der Waals surface area contributed by atoms with Crippen molar-refractivity contribution in [2.24, 2.45) is 0 Å². The van der Waals surface area contributed by atoms with E-state index in [4.69, 9.17) is 5.26 Å². The Morgan fingerprint density at radius 1 is 1.24 bits per heavy atom. The Bertz CT molecular complexity index is 927. The number of carbonyl (C=O) groups is 2. The number of aryl methyl sites for hydroxylation is 2. The third-order valence-corrected chi connectivity index (χ3v) is 5.01. The molecule has 124 valence electrons. The number of nitrogens with zero attached hydrogens (tertiary/aromatic N) is 2. The summed E-state index contributed by atoms with van der Waals surface area (Å²) in [6.07, 6.45) is 5.36. The SMILES string of the molecule is N#Cc1ccc2c(c1)CCC2NC(=O)c1cnc2c(c1)C(=O)CCC2. The number of ketones is 1. The summed E-state index contributed by atoms with van der Waals surface area (Å²) in [7, 11) is 0. The van der Waals surface area contributed by atoms with Crippen molar-refractivity contribution >= 4 is 11.7 Å². The van der Waals surface area contributed by atoms with Gasteiger partial charge in [-0.05, 0) is 55.0 Å². The quantitative estimate of drug-likeness (QED) is 0.917. The van der Waals surface area contributed by atoms with E-state index in [2.05, 4.69) is 16.4 Å². The number of pyridine rings is 1. The Hall–Kier alpha value is -3.00. The fraction of sp³-hybridized carbons (Fsp3) is 0.300. The zero-order valence-electron chi connectivity index (χ0n) is 13.7. The minimum Gasteiger partial charge on any atom is -0.345 e. The van der Waals surface area contributed by atoms with Crippen LogP contribution in [0.1, 0.15) is 68.4 Å². The minimum absolute atomic E-state index is 0.0676. The van der Waals surface area contributed by atoms with E-state index in [9.17, 15) is 9.59 Å². The van der Waals surface area contributed by atoms with Gasteiger partial charge in [-0.25, -0.2) is 0 Å². The average Bonchev–Trinajstić information content (AvgIpc) is 3.03. The van der Waals surface area contributed by atoms with Crippen molar-refractivity contribution in [1.82, 2.24) is 10.3 Å². The van der Waals surface area contributed by atoms with Crippen LogP contribution in [0, 0.1) is 11.3 Å². The van der Waals surface area contributed by atoms with E-state index < -0.39 is 0 Å². The number of nitriles is 1. The summed E-state index contributed by atoms with van der Waals surface area (Å²) < 4.78 is 0. The van der Waals surface area contributed by atoms with Crippen LogP contribution in [-0.2, 0) is 12.8 Å². The van der Waals surface area contributed by atoms with Gasteiger partial charge in [0.2, 0.25) is 0 Å². The number of rotatable bonds is 2. The third-order valence-electron chi connectivity index (χ3n) is 5.01. The topological polar surface area (TPSA) is 82.8 Å². The van der Waals surface area contributed by atoms with Gasteiger partial charge in [0.25, 0.3) is 5.91 Å². The standard InChI is InChI=1S/C20H17N3O2/c21-10-12-4-6-15-13(8-12)5-7-18(15)23-20(25)14-9-16-17(22-11-14)2-1-3-19(16)24/h4,6,8-9,11,18H,1-3,5,7H2,(H,23,25). The monoisotopic (exact) mass is 331 g/mol. The van der Waals surface area contributed by atoms with Crippen LogP contribution in [0.5, 0.6) is 0 Å². The van der Waals surface area contributed by atoms with Gasteiger partial charge in [0, 0.05) is 18.2 Å². The maximum atomic E-state index is 12.6. The first-order valence-electron chi connectivity index (χ1n) is 8.51. The molecule has 25 heavy (non-hydrogen) atoms. The highest BCUT2D eigenvalue weighted by atomic mass is 16.1. The van der Waals surface area contributed by atoms with Gasteiger partial charge < -0.3 is 5.32 Å². The van der Waals surface area contributed by atoms with Gasteiger partial charge in [-0.15, -0.1) is 0 Å². The maximum absolute atomic E-state index is 12.6. The largest absolute Gasteiger partial charge is 0.345 e. The summed E-state index contributed by atoms with van der Waals surface area (Å²) in [5, 5.41) is 12.0. The van der Waals surface area contributed by atoms with E-state index in [1.54, 1.807) is 18.3 Å². The van der Waals surface area contributed by atoms with E-state index in [-0.39, 0.29) is 17.7 Å². The van der Waals surface area contributed by atoms with Gasteiger partial charge in [0.15, 0.2) is 5.78 Å². The van der Waals surface area contributed by atoms with E-state index in [0.717, 1.165) is 42.5 Å². The first kappa shape index (κ1) is 15.5. The molecule has 0 radical (unpaired) electrons. The molecule has 1 aromatic heterocycles. The van der Waals surface area contributed by atoms with Gasteiger partial charge in [-0.1, -0.05) is 6.07 Å². The number of Topliss-reactive ketones (excluding diaryl/α,β-unsaturated/α-hetero) is 1. The van der Waals surface area contributed by atoms with E-state index in [1.807, 2.05) is 12.1 Å². The van der Waals surface area contributed by atoms with Crippen molar-refractivity contribution in [3.8, 4) is 6.07 Å². The van der Waals surface area contributed by atoms with Crippen molar-refractivity contribution in [3.05, 3.63) is 64.0 Å². The van der Waals surface area contributed by atoms with Gasteiger partial charge >= 0.3 is 0 Å². The zero-order chi connectivity index (χ0) is 17.4. The molecule has 0 bridgehead atoms. The summed E-state index contributed by atoms with van der Waals surface area (Å²) in [5.74, 6) is -0.144. The smallest absolute Gasteiger partial charge is 0.253 e. The number of benzene rings is 1. The molecule has 2 aliphatic rings. The van der Waals surface area contributed by atoms with Crippen LogP contribution >= 0.6 is 0 Å². The van der Waals surface area contributed by atoms with Crippen molar-refractivity contribution in [3.63, 3.8) is 0 Å². The van der Waals surface area contributed by atoms with Crippen molar-refractivity contribution in [1.29, 1.82) is 5.26 Å². The minimum atomic E-state index is -0.212. The molecule has 0 aliphatic heterocycles. The number of amides is 1. The lowest BCUT2D eigenvalue weighted by Gasteiger charge is -2.17. The van der Waals surface area contributed by atoms with E-state index >= 15 is 0 Å². The molecule has 2 aromatic rings. The summed E-state index contributed by atoms with van der Waals surface area (Å²) in [4.78, 5) is 29.0. The Labute approximate surface area is 145 Å². The molecule has 1 N–H and O–H groups in total. The molecule has 1 heterocycles. The second-order valence-electron chi connectivity index (χ2n) is 6.59. The van der Waals surface area contributed by atoms with Crippen LogP contribution in [0.25, 0.3) is 0 Å². The average molecular weight is 331 g/mol. The second kappa shape index (κ2) is 6.14. The Balaban J connectivity index is 1.55. The predicted molar refractivity (Wildman–Crippen MR) is 91.2 cm³/mol. The highest BCUT2D eigenvalue weighted by molar-refractivity contribution is 6.01. The van der Waals surface area contributed by atoms with Gasteiger partial charge in [0.1, 0.15) is 0 Å². The van der Waals surface area contributed by atoms with Crippen LogP contribution in [0.2, 0.25) is 0 Å². The highest BCUT2D eigenvalue weighted by Gasteiger charge is 2.26. The molecular formula is C20H17N3O2. The van der Waals surface area contributed by atoms with E-state index in [1.165, 1.54) is 0 Å². The zero-order valence-corrected chi connectivity index (χ0v) is 13.7. The molecule has 1 aromatic carbocycles.